The van der Waals surface area contributed by atoms with Gasteiger partial charge in [-0.05, 0) is 41.3 Å². The molecule has 0 fully saturated rings. The molecule has 0 aliphatic rings. The highest BCUT2D eigenvalue weighted by molar-refractivity contribution is 5.89. The lowest BCUT2D eigenvalue weighted by molar-refractivity contribution is 0.0692. The van der Waals surface area contributed by atoms with Crippen LogP contribution in [0.25, 0.3) is 10.9 Å². The number of carboxylic acid groups (broad SMARTS) is 1. The van der Waals surface area contributed by atoms with Crippen molar-refractivity contribution in [1.82, 2.24) is 4.98 Å². The average Bonchev–Trinajstić information content (AvgIpc) is 2.93. The normalized spacial score (nSPS) is 10.7. The highest BCUT2D eigenvalue weighted by atomic mass is 19.1. The van der Waals surface area contributed by atoms with Crippen LogP contribution in [0.2, 0.25) is 0 Å². The Morgan fingerprint density at radius 2 is 2.05 bits per heavy atom. The summed E-state index contributed by atoms with van der Waals surface area (Å²) in [5.74, 6) is -2.01. The number of hydrogen-bond acceptors (Lipinski definition) is 2. The van der Waals surface area contributed by atoms with E-state index >= 15 is 0 Å². The molecule has 0 atom stereocenters. The maximum absolute atomic E-state index is 13.3. The van der Waals surface area contributed by atoms with E-state index in [9.17, 15) is 9.18 Å². The molecule has 1 heterocycles. The van der Waals surface area contributed by atoms with Gasteiger partial charge in [0.1, 0.15) is 5.82 Å². The van der Waals surface area contributed by atoms with Crippen LogP contribution in [0, 0.1) is 5.82 Å². The van der Waals surface area contributed by atoms with Crippen molar-refractivity contribution in [3.05, 3.63) is 65.6 Å². The van der Waals surface area contributed by atoms with Gasteiger partial charge < -0.3 is 15.4 Å². The molecule has 0 saturated carbocycles. The molecule has 0 radical (unpaired) electrons. The van der Waals surface area contributed by atoms with E-state index in [4.69, 9.17) is 5.11 Å². The number of hydrogen-bond donors (Lipinski definition) is 3. The van der Waals surface area contributed by atoms with Gasteiger partial charge in [0.25, 0.3) is 0 Å². The Kier molecular flexibility index (Phi) is 3.31. The summed E-state index contributed by atoms with van der Waals surface area (Å²) in [6.45, 7) is 0.527. The molecule has 0 aliphatic carbocycles. The minimum Gasteiger partial charge on any atom is -0.478 e. The summed E-state index contributed by atoms with van der Waals surface area (Å²) < 4.78 is 13.3. The number of halogens is 1. The van der Waals surface area contributed by atoms with Gasteiger partial charge in [-0.2, -0.15) is 0 Å². The van der Waals surface area contributed by atoms with Gasteiger partial charge in [0, 0.05) is 23.9 Å². The summed E-state index contributed by atoms with van der Waals surface area (Å²) in [5, 5.41) is 13.1. The second-order valence-corrected chi connectivity index (χ2v) is 4.75. The number of carbonyl (C=O) groups is 1. The van der Waals surface area contributed by atoms with Crippen LogP contribution < -0.4 is 5.32 Å². The van der Waals surface area contributed by atoms with Crippen molar-refractivity contribution < 1.29 is 14.3 Å². The predicted octanol–water partition coefficient (Wildman–Crippen LogP) is 3.62. The number of aromatic amines is 1. The number of fused-ring (bicyclic) bond motifs is 1. The van der Waals surface area contributed by atoms with Gasteiger partial charge in [-0.25, -0.2) is 9.18 Å². The predicted molar refractivity (Wildman–Crippen MR) is 79.0 cm³/mol. The number of carboxylic acids is 1. The zero-order valence-electron chi connectivity index (χ0n) is 11.1. The monoisotopic (exact) mass is 284 g/mol. The van der Waals surface area contributed by atoms with E-state index in [-0.39, 0.29) is 5.56 Å². The largest absolute Gasteiger partial charge is 0.478 e. The molecule has 2 aromatic carbocycles. The molecular weight excluding hydrogens is 271 g/mol. The van der Waals surface area contributed by atoms with Gasteiger partial charge >= 0.3 is 5.97 Å². The Balaban J connectivity index is 1.77. The third-order valence-corrected chi connectivity index (χ3v) is 3.31. The number of aromatic nitrogens is 1. The van der Waals surface area contributed by atoms with E-state index in [1.807, 2.05) is 30.5 Å². The topological polar surface area (TPSA) is 65.1 Å². The molecule has 21 heavy (non-hydrogen) atoms. The van der Waals surface area contributed by atoms with Crippen molar-refractivity contribution in [2.24, 2.45) is 0 Å². The molecule has 106 valence electrons. The molecule has 0 bridgehead atoms. The summed E-state index contributed by atoms with van der Waals surface area (Å²) >= 11 is 0. The van der Waals surface area contributed by atoms with E-state index in [1.165, 1.54) is 12.1 Å². The van der Waals surface area contributed by atoms with E-state index in [0.29, 0.717) is 12.2 Å². The number of aromatic carboxylic acids is 1. The Labute approximate surface area is 120 Å². The maximum Gasteiger partial charge on any atom is 0.338 e. The molecule has 4 nitrogen and oxygen atoms in total. The molecule has 0 aliphatic heterocycles. The minimum atomic E-state index is -1.27. The lowest BCUT2D eigenvalue weighted by atomic mass is 10.1. The summed E-state index contributed by atoms with van der Waals surface area (Å²) in [5.41, 5.74) is 2.32. The molecule has 3 aromatic rings. The third kappa shape index (κ3) is 2.72. The van der Waals surface area contributed by atoms with Crippen molar-refractivity contribution in [3.63, 3.8) is 0 Å². The zero-order chi connectivity index (χ0) is 14.8. The van der Waals surface area contributed by atoms with Crippen molar-refractivity contribution in [1.29, 1.82) is 0 Å². The van der Waals surface area contributed by atoms with Crippen molar-refractivity contribution >= 4 is 22.6 Å². The maximum atomic E-state index is 13.3. The average molecular weight is 284 g/mol. The number of H-pyrrole nitrogens is 1. The first-order valence-corrected chi connectivity index (χ1v) is 6.46. The number of rotatable bonds is 4. The summed E-state index contributed by atoms with van der Waals surface area (Å²) in [6.07, 6.45) is 1.88. The molecule has 0 saturated heterocycles. The molecule has 0 unspecified atom stereocenters. The van der Waals surface area contributed by atoms with Gasteiger partial charge in [0.2, 0.25) is 0 Å². The summed E-state index contributed by atoms with van der Waals surface area (Å²) in [6, 6.07) is 12.0. The molecule has 0 amide bonds. The van der Waals surface area contributed by atoms with Crippen LogP contribution in [0.1, 0.15) is 15.9 Å². The molecule has 0 spiro atoms. The minimum absolute atomic E-state index is 0.333. The molecule has 5 heteroatoms. The first-order chi connectivity index (χ1) is 10.1. The fraction of sp³-hybridized carbons (Fsp3) is 0.0625. The second kappa shape index (κ2) is 5.28. The van der Waals surface area contributed by atoms with Crippen LogP contribution in [0.15, 0.2) is 48.7 Å². The second-order valence-electron chi connectivity index (χ2n) is 4.75. The third-order valence-electron chi connectivity index (χ3n) is 3.31. The smallest absolute Gasteiger partial charge is 0.338 e. The number of nitrogens with one attached hydrogen (secondary N) is 2. The highest BCUT2D eigenvalue weighted by Crippen LogP contribution is 2.18. The molecular formula is C16H13FN2O2. The van der Waals surface area contributed by atoms with Gasteiger partial charge in [-0.1, -0.05) is 12.1 Å². The number of benzene rings is 2. The van der Waals surface area contributed by atoms with Crippen LogP contribution in [-0.2, 0) is 6.54 Å². The van der Waals surface area contributed by atoms with E-state index in [0.717, 1.165) is 22.5 Å². The van der Waals surface area contributed by atoms with Crippen molar-refractivity contribution in [2.75, 3.05) is 5.32 Å². The fourth-order valence-electron chi connectivity index (χ4n) is 2.21. The van der Waals surface area contributed by atoms with Crippen LogP contribution in [0.4, 0.5) is 10.1 Å². The lowest BCUT2D eigenvalue weighted by Crippen LogP contribution is -2.04. The fourth-order valence-corrected chi connectivity index (χ4v) is 2.21. The Bertz CT molecular complexity index is 811. The van der Waals surface area contributed by atoms with Crippen LogP contribution >= 0.6 is 0 Å². The number of anilines is 1. The van der Waals surface area contributed by atoms with E-state index in [2.05, 4.69) is 10.3 Å². The Hall–Kier alpha value is -2.82. The first kappa shape index (κ1) is 13.2. The summed E-state index contributed by atoms with van der Waals surface area (Å²) in [7, 11) is 0. The quantitative estimate of drug-likeness (QED) is 0.685. The SMILES string of the molecule is O=C(O)c1cc(NCc2ccc3cc[nH]c3c2)ccc1F. The van der Waals surface area contributed by atoms with Gasteiger partial charge in [0.15, 0.2) is 0 Å². The van der Waals surface area contributed by atoms with Crippen LogP contribution in [0.5, 0.6) is 0 Å². The molecule has 3 N–H and O–H groups in total. The van der Waals surface area contributed by atoms with Crippen molar-refractivity contribution in [2.45, 2.75) is 6.54 Å². The lowest BCUT2D eigenvalue weighted by Gasteiger charge is -2.08. The van der Waals surface area contributed by atoms with E-state index in [1.54, 1.807) is 0 Å². The standard InChI is InChI=1S/C16H13FN2O2/c17-14-4-3-12(8-13(14)16(20)21)19-9-10-1-2-11-5-6-18-15(11)7-10/h1-8,18-19H,9H2,(H,20,21). The highest BCUT2D eigenvalue weighted by Gasteiger charge is 2.10. The van der Waals surface area contributed by atoms with E-state index < -0.39 is 11.8 Å². The van der Waals surface area contributed by atoms with Crippen LogP contribution in [0.3, 0.4) is 0 Å². The first-order valence-electron chi connectivity index (χ1n) is 6.46. The van der Waals surface area contributed by atoms with Gasteiger partial charge in [-0.3, -0.25) is 0 Å². The summed E-state index contributed by atoms with van der Waals surface area (Å²) in [4.78, 5) is 14.0. The zero-order valence-corrected chi connectivity index (χ0v) is 11.1. The Morgan fingerprint density at radius 1 is 1.19 bits per heavy atom. The van der Waals surface area contributed by atoms with Gasteiger partial charge in [0.05, 0.1) is 5.56 Å². The van der Waals surface area contributed by atoms with Crippen LogP contribution in [-0.4, -0.2) is 16.1 Å². The van der Waals surface area contributed by atoms with Crippen molar-refractivity contribution in [3.8, 4) is 0 Å². The molecule has 3 rings (SSSR count). The van der Waals surface area contributed by atoms with Gasteiger partial charge in [-0.15, -0.1) is 0 Å². The molecule has 1 aromatic heterocycles. The Morgan fingerprint density at radius 3 is 2.86 bits per heavy atom.